The highest BCUT2D eigenvalue weighted by molar-refractivity contribution is 7.88. The van der Waals surface area contributed by atoms with E-state index in [0.717, 1.165) is 0 Å². The lowest BCUT2D eigenvalue weighted by Gasteiger charge is -2.39. The third-order valence-electron chi connectivity index (χ3n) is 4.74. The Kier molecular flexibility index (Phi) is 5.15. The normalized spacial score (nSPS) is 17.7. The van der Waals surface area contributed by atoms with E-state index in [0.29, 0.717) is 31.9 Å². The summed E-state index contributed by atoms with van der Waals surface area (Å²) in [5.41, 5.74) is -0.0497. The van der Waals surface area contributed by atoms with Crippen LogP contribution in [0, 0.1) is 11.3 Å². The van der Waals surface area contributed by atoms with Gasteiger partial charge in [0.05, 0.1) is 5.69 Å². The Balaban J connectivity index is 1.97. The number of carbonyl (C=O) groups excluding carboxylic acids is 1. The zero-order valence-corrected chi connectivity index (χ0v) is 15.0. The molecular weight excluding hydrogens is 318 g/mol. The van der Waals surface area contributed by atoms with Crippen LogP contribution in [0.5, 0.6) is 0 Å². The first-order valence-corrected chi connectivity index (χ1v) is 9.42. The lowest BCUT2D eigenvalue weighted by molar-refractivity contribution is -0.143. The fourth-order valence-corrected chi connectivity index (χ4v) is 3.84. The number of nitrogens with zero attached hydrogens (tertiary/aromatic N) is 3. The van der Waals surface area contributed by atoms with Crippen molar-refractivity contribution >= 4 is 15.9 Å². The minimum atomic E-state index is -3.43. The molecule has 2 heterocycles. The van der Waals surface area contributed by atoms with Gasteiger partial charge in [0.1, 0.15) is 12.0 Å². The van der Waals surface area contributed by atoms with Gasteiger partial charge < -0.3 is 9.42 Å². The maximum absolute atomic E-state index is 12.6. The predicted molar refractivity (Wildman–Crippen MR) is 85.9 cm³/mol. The van der Waals surface area contributed by atoms with Gasteiger partial charge in [-0.05, 0) is 5.92 Å². The van der Waals surface area contributed by atoms with Crippen molar-refractivity contribution in [3.8, 4) is 0 Å². The Labute approximate surface area is 137 Å². The molecule has 1 aliphatic heterocycles. The smallest absolute Gasteiger partial charge is 0.228 e. The van der Waals surface area contributed by atoms with E-state index in [1.807, 2.05) is 27.7 Å². The van der Waals surface area contributed by atoms with Crippen LogP contribution in [-0.4, -0.2) is 54.9 Å². The van der Waals surface area contributed by atoms with Gasteiger partial charge in [0.2, 0.25) is 15.9 Å². The molecule has 1 saturated heterocycles. The molecule has 7 nitrogen and oxygen atoms in total. The molecule has 0 radical (unpaired) electrons. The molecule has 1 fully saturated rings. The topological polar surface area (TPSA) is 83.7 Å². The molecular formula is C15H25N3O4S. The summed E-state index contributed by atoms with van der Waals surface area (Å²) < 4.78 is 30.8. The Bertz CT molecular complexity index is 630. The lowest BCUT2D eigenvalue weighted by Crippen LogP contribution is -2.54. The SMILES string of the molecule is CC(C)C(C)(C)C(=O)N1CCN(S(=O)(=O)Cc2ccon2)CC1. The van der Waals surface area contributed by atoms with Crippen LogP contribution in [0.4, 0.5) is 0 Å². The number of hydrogen-bond acceptors (Lipinski definition) is 5. The van der Waals surface area contributed by atoms with Gasteiger partial charge in [0, 0.05) is 37.7 Å². The van der Waals surface area contributed by atoms with Crippen LogP contribution < -0.4 is 0 Å². The minimum absolute atomic E-state index is 0.0843. The summed E-state index contributed by atoms with van der Waals surface area (Å²) in [6, 6.07) is 1.54. The summed E-state index contributed by atoms with van der Waals surface area (Å²) >= 11 is 0. The lowest BCUT2D eigenvalue weighted by atomic mass is 9.80. The Hall–Kier alpha value is -1.41. The van der Waals surface area contributed by atoms with Crippen molar-refractivity contribution in [2.24, 2.45) is 11.3 Å². The van der Waals surface area contributed by atoms with Crippen LogP contribution in [0.2, 0.25) is 0 Å². The van der Waals surface area contributed by atoms with Crippen molar-refractivity contribution in [1.82, 2.24) is 14.4 Å². The van der Waals surface area contributed by atoms with E-state index >= 15 is 0 Å². The highest BCUT2D eigenvalue weighted by atomic mass is 32.2. The van der Waals surface area contributed by atoms with Crippen molar-refractivity contribution in [2.75, 3.05) is 26.2 Å². The first-order chi connectivity index (χ1) is 10.6. The van der Waals surface area contributed by atoms with Crippen LogP contribution in [0.25, 0.3) is 0 Å². The van der Waals surface area contributed by atoms with Crippen LogP contribution in [0.15, 0.2) is 16.9 Å². The molecule has 1 aromatic rings. The number of piperazine rings is 1. The maximum atomic E-state index is 12.6. The Morgan fingerprint density at radius 2 is 1.91 bits per heavy atom. The largest absolute Gasteiger partial charge is 0.364 e. The molecule has 0 N–H and O–H groups in total. The number of rotatable bonds is 5. The van der Waals surface area contributed by atoms with Crippen molar-refractivity contribution < 1.29 is 17.7 Å². The number of amides is 1. The van der Waals surface area contributed by atoms with E-state index in [-0.39, 0.29) is 17.6 Å². The van der Waals surface area contributed by atoms with E-state index in [1.165, 1.54) is 10.6 Å². The van der Waals surface area contributed by atoms with Crippen LogP contribution >= 0.6 is 0 Å². The van der Waals surface area contributed by atoms with Crippen molar-refractivity contribution in [3.63, 3.8) is 0 Å². The van der Waals surface area contributed by atoms with Crippen LogP contribution in [0.1, 0.15) is 33.4 Å². The first-order valence-electron chi connectivity index (χ1n) is 7.81. The summed E-state index contributed by atoms with van der Waals surface area (Å²) in [5.74, 6) is 0.138. The molecule has 0 unspecified atom stereocenters. The Morgan fingerprint density at radius 1 is 1.30 bits per heavy atom. The van der Waals surface area contributed by atoms with E-state index < -0.39 is 15.4 Å². The van der Waals surface area contributed by atoms with E-state index in [9.17, 15) is 13.2 Å². The summed E-state index contributed by atoms with van der Waals surface area (Å²) in [5, 5.41) is 3.65. The van der Waals surface area contributed by atoms with Crippen molar-refractivity contribution in [2.45, 2.75) is 33.4 Å². The van der Waals surface area contributed by atoms with E-state index in [1.54, 1.807) is 11.0 Å². The predicted octanol–water partition coefficient (Wildman–Crippen LogP) is 1.33. The summed E-state index contributed by atoms with van der Waals surface area (Å²) in [6.07, 6.45) is 1.36. The zero-order valence-electron chi connectivity index (χ0n) is 14.2. The highest BCUT2D eigenvalue weighted by Crippen LogP contribution is 2.29. The number of sulfonamides is 1. The van der Waals surface area contributed by atoms with Gasteiger partial charge >= 0.3 is 0 Å². The maximum Gasteiger partial charge on any atom is 0.228 e. The summed E-state index contributed by atoms with van der Waals surface area (Å²) in [4.78, 5) is 14.4. The van der Waals surface area contributed by atoms with Crippen molar-refractivity contribution in [3.05, 3.63) is 18.0 Å². The third-order valence-corrected chi connectivity index (χ3v) is 6.55. The molecule has 0 atom stereocenters. The van der Waals surface area contributed by atoms with Gasteiger partial charge in [-0.1, -0.05) is 32.9 Å². The Morgan fingerprint density at radius 3 is 2.39 bits per heavy atom. The fourth-order valence-electron chi connectivity index (χ4n) is 2.41. The molecule has 0 spiro atoms. The average molecular weight is 343 g/mol. The van der Waals surface area contributed by atoms with Crippen LogP contribution in [0.3, 0.4) is 0 Å². The standard InChI is InChI=1S/C15H25N3O4S/c1-12(2)15(3,4)14(19)17-6-8-18(9-7-17)23(20,21)11-13-5-10-22-16-13/h5,10,12H,6-9,11H2,1-4H3. The summed E-state index contributed by atoms with van der Waals surface area (Å²) in [6.45, 7) is 9.41. The summed E-state index contributed by atoms with van der Waals surface area (Å²) in [7, 11) is -3.43. The third kappa shape index (κ3) is 3.92. The molecule has 1 amide bonds. The van der Waals surface area contributed by atoms with Gasteiger partial charge in [0.15, 0.2) is 0 Å². The highest BCUT2D eigenvalue weighted by Gasteiger charge is 2.37. The second-order valence-corrected chi connectivity index (χ2v) is 8.78. The van der Waals surface area contributed by atoms with Gasteiger partial charge in [-0.2, -0.15) is 4.31 Å². The van der Waals surface area contributed by atoms with Gasteiger partial charge in [-0.25, -0.2) is 8.42 Å². The molecule has 0 saturated carbocycles. The molecule has 1 aromatic heterocycles. The second kappa shape index (κ2) is 6.60. The number of hydrogen-bond donors (Lipinski definition) is 0. The van der Waals surface area contributed by atoms with Crippen LogP contribution in [-0.2, 0) is 20.6 Å². The number of aromatic nitrogens is 1. The van der Waals surface area contributed by atoms with Gasteiger partial charge in [-0.3, -0.25) is 4.79 Å². The van der Waals surface area contributed by atoms with E-state index in [4.69, 9.17) is 0 Å². The molecule has 130 valence electrons. The van der Waals surface area contributed by atoms with Gasteiger partial charge in [-0.15, -0.1) is 0 Å². The fraction of sp³-hybridized carbons (Fsp3) is 0.733. The molecule has 2 rings (SSSR count). The quantitative estimate of drug-likeness (QED) is 0.805. The second-order valence-electron chi connectivity index (χ2n) is 6.81. The average Bonchev–Trinajstić information content (AvgIpc) is 2.98. The first kappa shape index (κ1) is 17.9. The molecule has 0 aromatic carbocycles. The van der Waals surface area contributed by atoms with E-state index in [2.05, 4.69) is 9.68 Å². The number of carbonyl (C=O) groups is 1. The van der Waals surface area contributed by atoms with Gasteiger partial charge in [0.25, 0.3) is 0 Å². The monoisotopic (exact) mass is 343 g/mol. The molecule has 0 aliphatic carbocycles. The zero-order chi connectivity index (χ0) is 17.3. The van der Waals surface area contributed by atoms with Crippen molar-refractivity contribution in [1.29, 1.82) is 0 Å². The minimum Gasteiger partial charge on any atom is -0.364 e. The molecule has 1 aliphatic rings. The molecule has 23 heavy (non-hydrogen) atoms. The molecule has 8 heteroatoms. The molecule has 0 bridgehead atoms.